The van der Waals surface area contributed by atoms with Gasteiger partial charge in [-0.1, -0.05) is 37.5 Å². The molecule has 1 aliphatic carbocycles. The van der Waals surface area contributed by atoms with Gasteiger partial charge in [-0.05, 0) is 38.7 Å². The number of hydrogen-bond acceptors (Lipinski definition) is 2. The fourth-order valence-corrected chi connectivity index (χ4v) is 3.34. The van der Waals surface area contributed by atoms with E-state index in [9.17, 15) is 9.18 Å². The van der Waals surface area contributed by atoms with Crippen molar-refractivity contribution in [3.63, 3.8) is 0 Å². The molecular weight excluding hydrogens is 279 g/mol. The van der Waals surface area contributed by atoms with Gasteiger partial charge in [-0.25, -0.2) is 4.39 Å². The standard InChI is InChI=1S/C18H27FN2O/c1-18(2,14-10-6-7-11-15(14)19)17(22)21-16(12-20)13-8-4-3-5-9-13/h6-7,10-11,13,16H,3-5,8-9,12,20H2,1-2H3,(H,21,22). The number of halogens is 1. The second kappa shape index (κ2) is 7.23. The molecule has 22 heavy (non-hydrogen) atoms. The van der Waals surface area contributed by atoms with Crippen molar-refractivity contribution < 1.29 is 9.18 Å². The molecule has 1 atom stereocenters. The summed E-state index contributed by atoms with van der Waals surface area (Å²) in [7, 11) is 0. The van der Waals surface area contributed by atoms with Crippen molar-refractivity contribution in [3.05, 3.63) is 35.6 Å². The van der Waals surface area contributed by atoms with E-state index in [1.54, 1.807) is 32.0 Å². The lowest BCUT2D eigenvalue weighted by Crippen LogP contribution is -2.51. The number of hydrogen-bond donors (Lipinski definition) is 2. The van der Waals surface area contributed by atoms with Crippen molar-refractivity contribution >= 4 is 5.91 Å². The van der Waals surface area contributed by atoms with Gasteiger partial charge < -0.3 is 11.1 Å². The average molecular weight is 306 g/mol. The fourth-order valence-electron chi connectivity index (χ4n) is 3.34. The summed E-state index contributed by atoms with van der Waals surface area (Å²) in [5.74, 6) is -0.0534. The van der Waals surface area contributed by atoms with E-state index in [0.717, 1.165) is 12.8 Å². The third-order valence-corrected chi connectivity index (χ3v) is 4.90. The van der Waals surface area contributed by atoms with E-state index in [1.165, 1.54) is 25.3 Å². The van der Waals surface area contributed by atoms with Crippen LogP contribution in [0.15, 0.2) is 24.3 Å². The Hall–Kier alpha value is -1.42. The lowest BCUT2D eigenvalue weighted by Gasteiger charge is -2.33. The lowest BCUT2D eigenvalue weighted by atomic mass is 9.81. The Labute approximate surface area is 132 Å². The topological polar surface area (TPSA) is 55.1 Å². The second-order valence-electron chi connectivity index (χ2n) is 6.82. The lowest BCUT2D eigenvalue weighted by molar-refractivity contribution is -0.126. The maximum absolute atomic E-state index is 14.0. The molecule has 1 amide bonds. The highest BCUT2D eigenvalue weighted by atomic mass is 19.1. The molecule has 0 bridgehead atoms. The summed E-state index contributed by atoms with van der Waals surface area (Å²) in [6, 6.07) is 6.45. The minimum absolute atomic E-state index is 0.0150. The number of carbonyl (C=O) groups excluding carboxylic acids is 1. The number of carbonyl (C=O) groups is 1. The van der Waals surface area contributed by atoms with Gasteiger partial charge in [0.15, 0.2) is 0 Å². The predicted octanol–water partition coefficient (Wildman–Crippen LogP) is 3.13. The molecule has 0 aromatic heterocycles. The molecule has 0 aliphatic heterocycles. The van der Waals surface area contributed by atoms with Gasteiger partial charge in [-0.3, -0.25) is 4.79 Å². The number of amides is 1. The van der Waals surface area contributed by atoms with Crippen molar-refractivity contribution in [1.82, 2.24) is 5.32 Å². The Bertz CT molecular complexity index is 510. The molecule has 1 aromatic carbocycles. The van der Waals surface area contributed by atoms with Crippen molar-refractivity contribution in [2.75, 3.05) is 6.54 Å². The Morgan fingerprint density at radius 2 is 1.95 bits per heavy atom. The highest BCUT2D eigenvalue weighted by molar-refractivity contribution is 5.87. The molecule has 0 saturated heterocycles. The highest BCUT2D eigenvalue weighted by Gasteiger charge is 2.34. The normalized spacial score (nSPS) is 18.0. The number of nitrogens with one attached hydrogen (secondary N) is 1. The summed E-state index contributed by atoms with van der Waals surface area (Å²) < 4.78 is 14.0. The first kappa shape index (κ1) is 16.9. The monoisotopic (exact) mass is 306 g/mol. The van der Waals surface area contributed by atoms with Crippen LogP contribution in [-0.2, 0) is 10.2 Å². The molecule has 3 N–H and O–H groups in total. The molecule has 1 aromatic rings. The first-order valence-corrected chi connectivity index (χ1v) is 8.23. The van der Waals surface area contributed by atoms with E-state index >= 15 is 0 Å². The molecule has 1 saturated carbocycles. The Morgan fingerprint density at radius 3 is 2.55 bits per heavy atom. The first-order valence-electron chi connectivity index (χ1n) is 8.23. The van der Waals surface area contributed by atoms with E-state index in [4.69, 9.17) is 5.73 Å². The molecule has 1 unspecified atom stereocenters. The van der Waals surface area contributed by atoms with Gasteiger partial charge in [0.05, 0.1) is 5.41 Å². The zero-order chi connectivity index (χ0) is 16.2. The molecule has 0 radical (unpaired) electrons. The largest absolute Gasteiger partial charge is 0.351 e. The van der Waals surface area contributed by atoms with Gasteiger partial charge in [-0.2, -0.15) is 0 Å². The average Bonchev–Trinajstić information content (AvgIpc) is 2.53. The summed E-state index contributed by atoms with van der Waals surface area (Å²) in [4.78, 5) is 12.7. The first-order chi connectivity index (χ1) is 10.5. The minimum atomic E-state index is -0.909. The summed E-state index contributed by atoms with van der Waals surface area (Å²) in [6.07, 6.45) is 5.90. The molecule has 0 spiro atoms. The maximum Gasteiger partial charge on any atom is 0.230 e. The number of rotatable bonds is 5. The van der Waals surface area contributed by atoms with Crippen LogP contribution in [0.25, 0.3) is 0 Å². The molecule has 2 rings (SSSR count). The smallest absolute Gasteiger partial charge is 0.230 e. The summed E-state index contributed by atoms with van der Waals surface area (Å²) in [5.41, 5.74) is 5.39. The van der Waals surface area contributed by atoms with Crippen LogP contribution in [0.1, 0.15) is 51.5 Å². The van der Waals surface area contributed by atoms with Gasteiger partial charge in [0.2, 0.25) is 5.91 Å². The van der Waals surface area contributed by atoms with Crippen LogP contribution >= 0.6 is 0 Å². The number of benzene rings is 1. The zero-order valence-corrected chi connectivity index (χ0v) is 13.6. The Balaban J connectivity index is 2.10. The van der Waals surface area contributed by atoms with Crippen LogP contribution in [-0.4, -0.2) is 18.5 Å². The maximum atomic E-state index is 14.0. The van der Waals surface area contributed by atoms with Crippen LogP contribution in [0.5, 0.6) is 0 Å². The van der Waals surface area contributed by atoms with Gasteiger partial charge in [0.1, 0.15) is 5.82 Å². The van der Waals surface area contributed by atoms with Crippen molar-refractivity contribution in [1.29, 1.82) is 0 Å². The molecular formula is C18H27FN2O. The fraction of sp³-hybridized carbons (Fsp3) is 0.611. The number of nitrogens with two attached hydrogens (primary N) is 1. The third-order valence-electron chi connectivity index (χ3n) is 4.90. The van der Waals surface area contributed by atoms with E-state index in [1.807, 2.05) is 0 Å². The second-order valence-corrected chi connectivity index (χ2v) is 6.82. The zero-order valence-electron chi connectivity index (χ0n) is 13.6. The van der Waals surface area contributed by atoms with E-state index < -0.39 is 5.41 Å². The minimum Gasteiger partial charge on any atom is -0.351 e. The molecule has 1 fully saturated rings. The summed E-state index contributed by atoms with van der Waals surface area (Å²) >= 11 is 0. The van der Waals surface area contributed by atoms with Crippen molar-refractivity contribution in [3.8, 4) is 0 Å². The quantitative estimate of drug-likeness (QED) is 0.878. The van der Waals surface area contributed by atoms with E-state index in [0.29, 0.717) is 18.0 Å². The molecule has 0 heterocycles. The van der Waals surface area contributed by atoms with Crippen LogP contribution in [0.3, 0.4) is 0 Å². The van der Waals surface area contributed by atoms with Crippen LogP contribution < -0.4 is 11.1 Å². The predicted molar refractivity (Wildman–Crippen MR) is 87.0 cm³/mol. The highest BCUT2D eigenvalue weighted by Crippen LogP contribution is 2.29. The van der Waals surface area contributed by atoms with Crippen LogP contribution in [0.2, 0.25) is 0 Å². The summed E-state index contributed by atoms with van der Waals surface area (Å²) in [5, 5.41) is 3.07. The van der Waals surface area contributed by atoms with Crippen LogP contribution in [0.4, 0.5) is 4.39 Å². The Morgan fingerprint density at radius 1 is 1.32 bits per heavy atom. The summed E-state index contributed by atoms with van der Waals surface area (Å²) in [6.45, 7) is 3.95. The van der Waals surface area contributed by atoms with Crippen molar-refractivity contribution in [2.24, 2.45) is 11.7 Å². The molecule has 1 aliphatic rings. The van der Waals surface area contributed by atoms with Gasteiger partial charge in [0, 0.05) is 18.2 Å². The third kappa shape index (κ3) is 3.67. The molecule has 4 heteroatoms. The van der Waals surface area contributed by atoms with Crippen molar-refractivity contribution in [2.45, 2.75) is 57.4 Å². The van der Waals surface area contributed by atoms with Crippen LogP contribution in [0, 0.1) is 11.7 Å². The van der Waals surface area contributed by atoms with Gasteiger partial charge >= 0.3 is 0 Å². The Kier molecular flexibility index (Phi) is 5.57. The van der Waals surface area contributed by atoms with E-state index in [2.05, 4.69) is 5.32 Å². The SMILES string of the molecule is CC(C)(C(=O)NC(CN)C1CCCCC1)c1ccccc1F. The van der Waals surface area contributed by atoms with Gasteiger partial charge in [-0.15, -0.1) is 0 Å². The van der Waals surface area contributed by atoms with E-state index in [-0.39, 0.29) is 17.8 Å². The van der Waals surface area contributed by atoms with Gasteiger partial charge in [0.25, 0.3) is 0 Å². The molecule has 3 nitrogen and oxygen atoms in total. The molecule has 122 valence electrons.